The number of rotatable bonds is 2. The molecule has 1 aliphatic carbocycles. The lowest BCUT2D eigenvalue weighted by Crippen LogP contribution is -2.15. The fourth-order valence-electron chi connectivity index (χ4n) is 1.94. The molecule has 0 radical (unpaired) electrons. The quantitative estimate of drug-likeness (QED) is 0.739. The third-order valence-electron chi connectivity index (χ3n) is 2.91. The number of aliphatic hydroxyl groups is 1. The number of hydrogen-bond acceptors (Lipinski definition) is 1. The molecule has 0 atom stereocenters. The summed E-state index contributed by atoms with van der Waals surface area (Å²) in [6.07, 6.45) is 1.82. The van der Waals surface area contributed by atoms with Gasteiger partial charge in [-0.3, -0.25) is 0 Å². The van der Waals surface area contributed by atoms with Gasteiger partial charge in [-0.2, -0.15) is 0 Å². The smallest absolute Gasteiger partial charge is 0.127 e. The van der Waals surface area contributed by atoms with Crippen molar-refractivity contribution < 1.29 is 9.50 Å². The first-order valence-electron chi connectivity index (χ1n) is 4.56. The molecule has 1 N–H and O–H groups in total. The lowest BCUT2D eigenvalue weighted by Gasteiger charge is -2.15. The molecule has 0 saturated heterocycles. The van der Waals surface area contributed by atoms with E-state index in [1.807, 2.05) is 13.0 Å². The molecule has 70 valence electrons. The first kappa shape index (κ1) is 8.70. The van der Waals surface area contributed by atoms with Crippen LogP contribution in [0.1, 0.15) is 24.0 Å². The third kappa shape index (κ3) is 1.25. The summed E-state index contributed by atoms with van der Waals surface area (Å²) < 4.78 is 13.5. The van der Waals surface area contributed by atoms with Crippen molar-refractivity contribution in [3.05, 3.63) is 35.1 Å². The van der Waals surface area contributed by atoms with Crippen LogP contribution in [-0.2, 0) is 5.41 Å². The zero-order chi connectivity index (χ0) is 9.47. The zero-order valence-electron chi connectivity index (χ0n) is 7.68. The van der Waals surface area contributed by atoms with Gasteiger partial charge in [0.2, 0.25) is 0 Å². The Morgan fingerprint density at radius 1 is 1.46 bits per heavy atom. The Kier molecular flexibility index (Phi) is 1.88. The van der Waals surface area contributed by atoms with Crippen molar-refractivity contribution in [1.82, 2.24) is 0 Å². The van der Waals surface area contributed by atoms with E-state index in [-0.39, 0.29) is 17.8 Å². The van der Waals surface area contributed by atoms with Crippen molar-refractivity contribution in [2.45, 2.75) is 25.2 Å². The van der Waals surface area contributed by atoms with Gasteiger partial charge in [0.25, 0.3) is 0 Å². The topological polar surface area (TPSA) is 20.2 Å². The molecule has 1 aromatic rings. The summed E-state index contributed by atoms with van der Waals surface area (Å²) in [5.41, 5.74) is 1.42. The van der Waals surface area contributed by atoms with E-state index in [1.165, 1.54) is 6.07 Å². The molecule has 0 aromatic heterocycles. The summed E-state index contributed by atoms with van der Waals surface area (Å²) in [5, 5.41) is 9.19. The highest BCUT2D eigenvalue weighted by atomic mass is 19.1. The molecule has 0 amide bonds. The highest BCUT2D eigenvalue weighted by Gasteiger charge is 2.46. The van der Waals surface area contributed by atoms with Crippen molar-refractivity contribution in [1.29, 1.82) is 0 Å². The van der Waals surface area contributed by atoms with E-state index >= 15 is 0 Å². The molecule has 1 aliphatic rings. The molecule has 0 heterocycles. The molecular weight excluding hydrogens is 167 g/mol. The second kappa shape index (κ2) is 2.81. The van der Waals surface area contributed by atoms with Gasteiger partial charge in [0.05, 0.1) is 6.61 Å². The maximum atomic E-state index is 13.5. The predicted molar refractivity (Wildman–Crippen MR) is 49.1 cm³/mol. The molecule has 0 aliphatic heterocycles. The van der Waals surface area contributed by atoms with E-state index in [4.69, 9.17) is 0 Å². The van der Waals surface area contributed by atoms with Crippen LogP contribution in [0.5, 0.6) is 0 Å². The monoisotopic (exact) mass is 180 g/mol. The van der Waals surface area contributed by atoms with Crippen LogP contribution in [0.3, 0.4) is 0 Å². The molecule has 1 nitrogen and oxygen atoms in total. The highest BCUT2D eigenvalue weighted by molar-refractivity contribution is 5.39. The first-order chi connectivity index (χ1) is 6.19. The summed E-state index contributed by atoms with van der Waals surface area (Å²) in [6, 6.07) is 5.08. The number of halogens is 1. The molecule has 0 unspecified atom stereocenters. The van der Waals surface area contributed by atoms with E-state index in [1.54, 1.807) is 6.07 Å². The Morgan fingerprint density at radius 2 is 2.15 bits per heavy atom. The van der Waals surface area contributed by atoms with Gasteiger partial charge in [-0.1, -0.05) is 12.1 Å². The molecule has 1 aromatic carbocycles. The molecule has 2 heteroatoms. The van der Waals surface area contributed by atoms with Crippen molar-refractivity contribution >= 4 is 0 Å². The van der Waals surface area contributed by atoms with E-state index in [0.717, 1.165) is 24.0 Å². The SMILES string of the molecule is Cc1cccc(F)c1C1(CO)CC1. The number of aryl methyl sites for hydroxylation is 1. The van der Waals surface area contributed by atoms with Gasteiger partial charge >= 0.3 is 0 Å². The molecular formula is C11H13FO. The van der Waals surface area contributed by atoms with Gasteiger partial charge in [0.1, 0.15) is 5.82 Å². The average molecular weight is 180 g/mol. The zero-order valence-corrected chi connectivity index (χ0v) is 7.68. The minimum absolute atomic E-state index is 0.0643. The van der Waals surface area contributed by atoms with E-state index in [2.05, 4.69) is 0 Å². The van der Waals surface area contributed by atoms with Crippen LogP contribution >= 0.6 is 0 Å². The Labute approximate surface area is 77.2 Å². The van der Waals surface area contributed by atoms with Crippen LogP contribution in [0.15, 0.2) is 18.2 Å². The molecule has 1 fully saturated rings. The minimum atomic E-state index is -0.255. The fourth-order valence-corrected chi connectivity index (χ4v) is 1.94. The number of hydrogen-bond donors (Lipinski definition) is 1. The predicted octanol–water partition coefficient (Wildman–Crippen LogP) is 2.16. The van der Waals surface area contributed by atoms with Gasteiger partial charge < -0.3 is 5.11 Å². The highest BCUT2D eigenvalue weighted by Crippen LogP contribution is 2.49. The van der Waals surface area contributed by atoms with Crippen LogP contribution in [0.4, 0.5) is 4.39 Å². The van der Waals surface area contributed by atoms with Crippen LogP contribution in [0.25, 0.3) is 0 Å². The average Bonchev–Trinajstić information content (AvgIpc) is 2.85. The number of benzene rings is 1. The maximum absolute atomic E-state index is 13.5. The Morgan fingerprint density at radius 3 is 2.62 bits per heavy atom. The fraction of sp³-hybridized carbons (Fsp3) is 0.455. The summed E-state index contributed by atoms with van der Waals surface area (Å²) in [7, 11) is 0. The van der Waals surface area contributed by atoms with Gasteiger partial charge in [0.15, 0.2) is 0 Å². The molecule has 0 bridgehead atoms. The van der Waals surface area contributed by atoms with Crippen molar-refractivity contribution in [3.63, 3.8) is 0 Å². The Bertz CT molecular complexity index is 309. The van der Waals surface area contributed by atoms with Crippen molar-refractivity contribution in [3.8, 4) is 0 Å². The lowest BCUT2D eigenvalue weighted by molar-refractivity contribution is 0.251. The second-order valence-corrected chi connectivity index (χ2v) is 3.87. The van der Waals surface area contributed by atoms with Crippen molar-refractivity contribution in [2.24, 2.45) is 0 Å². The van der Waals surface area contributed by atoms with Crippen LogP contribution in [0, 0.1) is 12.7 Å². The Hall–Kier alpha value is -0.890. The second-order valence-electron chi connectivity index (χ2n) is 3.87. The first-order valence-corrected chi connectivity index (χ1v) is 4.56. The van der Waals surface area contributed by atoms with Crippen LogP contribution < -0.4 is 0 Å². The van der Waals surface area contributed by atoms with Crippen LogP contribution in [-0.4, -0.2) is 11.7 Å². The van der Waals surface area contributed by atoms with E-state index in [9.17, 15) is 9.50 Å². The maximum Gasteiger partial charge on any atom is 0.127 e. The van der Waals surface area contributed by atoms with E-state index in [0.29, 0.717) is 0 Å². The third-order valence-corrected chi connectivity index (χ3v) is 2.91. The molecule has 13 heavy (non-hydrogen) atoms. The van der Waals surface area contributed by atoms with Crippen molar-refractivity contribution in [2.75, 3.05) is 6.61 Å². The van der Waals surface area contributed by atoms with Gasteiger partial charge in [-0.25, -0.2) is 4.39 Å². The molecule has 2 rings (SSSR count). The van der Waals surface area contributed by atoms with E-state index < -0.39 is 0 Å². The normalized spacial score (nSPS) is 18.7. The summed E-state index contributed by atoms with van der Waals surface area (Å²) in [4.78, 5) is 0. The minimum Gasteiger partial charge on any atom is -0.395 e. The van der Waals surface area contributed by atoms with Gasteiger partial charge in [-0.05, 0) is 37.0 Å². The molecule has 0 spiro atoms. The number of aliphatic hydroxyl groups excluding tert-OH is 1. The van der Waals surface area contributed by atoms with Crippen LogP contribution in [0.2, 0.25) is 0 Å². The summed E-state index contributed by atoms with van der Waals surface area (Å²) in [6.45, 7) is 1.96. The van der Waals surface area contributed by atoms with Gasteiger partial charge in [0, 0.05) is 5.41 Å². The standard InChI is InChI=1S/C11H13FO/c1-8-3-2-4-9(12)10(8)11(7-13)5-6-11/h2-4,13H,5-7H2,1H3. The lowest BCUT2D eigenvalue weighted by atomic mass is 9.92. The Balaban J connectivity index is 2.50. The van der Waals surface area contributed by atoms with Gasteiger partial charge in [-0.15, -0.1) is 0 Å². The summed E-state index contributed by atoms with van der Waals surface area (Å²) in [5.74, 6) is -0.174. The molecule has 1 saturated carbocycles. The largest absolute Gasteiger partial charge is 0.395 e. The summed E-state index contributed by atoms with van der Waals surface area (Å²) >= 11 is 0.